The third-order valence-corrected chi connectivity index (χ3v) is 7.28. The normalized spacial score (nSPS) is 14.3. The van der Waals surface area contributed by atoms with Gasteiger partial charge in [-0.15, -0.1) is 0 Å². The zero-order valence-corrected chi connectivity index (χ0v) is 24.4. The molecule has 3 aromatic carbocycles. The molecule has 0 saturated carbocycles. The number of carbonyl (C=O) groups excluding carboxylic acids is 4. The number of ether oxygens (including phenoxy) is 2. The van der Waals surface area contributed by atoms with Crippen LogP contribution in [0.15, 0.2) is 58.6 Å². The van der Waals surface area contributed by atoms with Crippen LogP contribution in [-0.2, 0) is 14.4 Å². The van der Waals surface area contributed by atoms with E-state index in [0.29, 0.717) is 26.3 Å². The number of benzene rings is 3. The topological polar surface area (TPSA) is 114 Å². The monoisotopic (exact) mass is 625 g/mol. The van der Waals surface area contributed by atoms with Gasteiger partial charge in [-0.2, -0.15) is 0 Å². The summed E-state index contributed by atoms with van der Waals surface area (Å²) in [5.41, 5.74) is 3.72. The summed E-state index contributed by atoms with van der Waals surface area (Å²) in [7, 11) is 1.42. The number of hydrogen-bond acceptors (Lipinski definition) is 6. The molecule has 0 aliphatic carbocycles. The fourth-order valence-corrected chi connectivity index (χ4v) is 4.74. The first-order chi connectivity index (χ1) is 19.0. The maximum atomic E-state index is 13.3. The largest absolute Gasteiger partial charge is 0.493 e. The first-order valence-corrected chi connectivity index (χ1v) is 13.2. The summed E-state index contributed by atoms with van der Waals surface area (Å²) in [4.78, 5) is 51.9. The molecule has 0 bridgehead atoms. The molecule has 2 N–H and O–H groups in total. The van der Waals surface area contributed by atoms with E-state index in [1.54, 1.807) is 37.3 Å². The van der Waals surface area contributed by atoms with Crippen molar-refractivity contribution in [1.29, 1.82) is 0 Å². The van der Waals surface area contributed by atoms with Gasteiger partial charge >= 0.3 is 6.03 Å². The molecule has 40 heavy (non-hydrogen) atoms. The highest BCUT2D eigenvalue weighted by molar-refractivity contribution is 9.10. The van der Waals surface area contributed by atoms with Gasteiger partial charge in [0.25, 0.3) is 17.7 Å². The number of halogens is 2. The quantitative estimate of drug-likeness (QED) is 0.256. The van der Waals surface area contributed by atoms with Gasteiger partial charge in [0.1, 0.15) is 5.57 Å². The average molecular weight is 627 g/mol. The van der Waals surface area contributed by atoms with E-state index in [1.165, 1.54) is 13.2 Å². The molecule has 4 rings (SSSR count). The number of nitrogens with zero attached hydrogens (tertiary/aromatic N) is 1. The number of amides is 5. The number of rotatable bonds is 7. The number of aryl methyl sites for hydroxylation is 2. The zero-order valence-electron chi connectivity index (χ0n) is 22.1. The molecular formula is C29H25BrClN3O6. The van der Waals surface area contributed by atoms with Crippen LogP contribution in [0.4, 0.5) is 16.2 Å². The van der Waals surface area contributed by atoms with Crippen molar-refractivity contribution in [2.24, 2.45) is 0 Å². The minimum Gasteiger partial charge on any atom is -0.493 e. The molecule has 11 heteroatoms. The molecule has 0 radical (unpaired) electrons. The van der Waals surface area contributed by atoms with E-state index in [1.807, 2.05) is 32.0 Å². The Morgan fingerprint density at radius 1 is 1.07 bits per heavy atom. The van der Waals surface area contributed by atoms with E-state index >= 15 is 0 Å². The zero-order chi connectivity index (χ0) is 29.1. The fraction of sp³-hybridized carbons (Fsp3) is 0.172. The Balaban J connectivity index is 1.57. The number of imide groups is 2. The molecule has 3 aromatic rings. The summed E-state index contributed by atoms with van der Waals surface area (Å²) in [6.07, 6.45) is 1.33. The lowest BCUT2D eigenvalue weighted by Gasteiger charge is -2.27. The summed E-state index contributed by atoms with van der Waals surface area (Å²) < 4.78 is 11.6. The minimum absolute atomic E-state index is 0.252. The van der Waals surface area contributed by atoms with Crippen molar-refractivity contribution in [2.45, 2.75) is 20.8 Å². The van der Waals surface area contributed by atoms with Crippen LogP contribution in [0.25, 0.3) is 6.08 Å². The predicted octanol–water partition coefficient (Wildman–Crippen LogP) is 5.72. The van der Waals surface area contributed by atoms with Gasteiger partial charge in [-0.05, 0) is 101 Å². The maximum Gasteiger partial charge on any atom is 0.335 e. The Morgan fingerprint density at radius 3 is 2.52 bits per heavy atom. The second-order valence-electron chi connectivity index (χ2n) is 9.01. The van der Waals surface area contributed by atoms with Gasteiger partial charge in [0.2, 0.25) is 0 Å². The first-order valence-electron chi connectivity index (χ1n) is 12.0. The lowest BCUT2D eigenvalue weighted by molar-refractivity contribution is -0.122. The molecule has 0 atom stereocenters. The van der Waals surface area contributed by atoms with Crippen LogP contribution in [-0.4, -0.2) is 37.5 Å². The van der Waals surface area contributed by atoms with E-state index in [9.17, 15) is 19.2 Å². The summed E-state index contributed by atoms with van der Waals surface area (Å²) in [5, 5.41) is 5.35. The van der Waals surface area contributed by atoms with Gasteiger partial charge in [0.05, 0.1) is 17.3 Å². The number of anilines is 2. The molecular weight excluding hydrogens is 602 g/mol. The van der Waals surface area contributed by atoms with Gasteiger partial charge in [-0.1, -0.05) is 23.7 Å². The average Bonchev–Trinajstić information content (AvgIpc) is 2.90. The van der Waals surface area contributed by atoms with E-state index in [2.05, 4.69) is 26.6 Å². The van der Waals surface area contributed by atoms with Gasteiger partial charge in [0.15, 0.2) is 18.1 Å². The minimum atomic E-state index is -0.876. The number of hydrogen-bond donors (Lipinski definition) is 2. The van der Waals surface area contributed by atoms with Crippen LogP contribution in [0.3, 0.4) is 0 Å². The Kier molecular flexibility index (Phi) is 8.61. The number of urea groups is 1. The Morgan fingerprint density at radius 2 is 1.82 bits per heavy atom. The van der Waals surface area contributed by atoms with Crippen molar-refractivity contribution in [3.63, 3.8) is 0 Å². The molecule has 5 amide bonds. The summed E-state index contributed by atoms with van der Waals surface area (Å²) in [6, 6.07) is 12.7. The Hall–Kier alpha value is -4.15. The van der Waals surface area contributed by atoms with Crippen LogP contribution in [0, 0.1) is 20.8 Å². The Labute approximate surface area is 244 Å². The fourth-order valence-electron chi connectivity index (χ4n) is 4.00. The first kappa shape index (κ1) is 28.8. The van der Waals surface area contributed by atoms with Gasteiger partial charge < -0.3 is 14.8 Å². The molecule has 9 nitrogen and oxygen atoms in total. The van der Waals surface area contributed by atoms with Crippen molar-refractivity contribution in [3.05, 3.63) is 85.9 Å². The van der Waals surface area contributed by atoms with Crippen LogP contribution in [0.5, 0.6) is 11.5 Å². The summed E-state index contributed by atoms with van der Waals surface area (Å²) in [5.74, 6) is -1.51. The van der Waals surface area contributed by atoms with Gasteiger partial charge in [-0.25, -0.2) is 9.69 Å². The molecule has 1 saturated heterocycles. The predicted molar refractivity (Wildman–Crippen MR) is 156 cm³/mol. The smallest absolute Gasteiger partial charge is 0.335 e. The second-order valence-corrected chi connectivity index (χ2v) is 10.3. The second kappa shape index (κ2) is 11.9. The van der Waals surface area contributed by atoms with Crippen LogP contribution < -0.4 is 25.0 Å². The molecule has 1 fully saturated rings. The third kappa shape index (κ3) is 6.03. The molecule has 1 aliphatic heterocycles. The van der Waals surface area contributed by atoms with Crippen molar-refractivity contribution < 1.29 is 28.7 Å². The van der Waals surface area contributed by atoms with E-state index in [0.717, 1.165) is 16.0 Å². The number of methoxy groups -OCH3 is 1. The summed E-state index contributed by atoms with van der Waals surface area (Å²) >= 11 is 9.59. The maximum absolute atomic E-state index is 13.3. The molecule has 1 heterocycles. The van der Waals surface area contributed by atoms with Crippen LogP contribution in [0.1, 0.15) is 22.3 Å². The lowest BCUT2D eigenvalue weighted by atomic mass is 10.1. The van der Waals surface area contributed by atoms with E-state index in [-0.39, 0.29) is 35.3 Å². The highest BCUT2D eigenvalue weighted by atomic mass is 79.9. The molecule has 0 unspecified atom stereocenters. The van der Waals surface area contributed by atoms with Crippen molar-refractivity contribution in [3.8, 4) is 11.5 Å². The van der Waals surface area contributed by atoms with Crippen molar-refractivity contribution in [2.75, 3.05) is 23.9 Å². The highest BCUT2D eigenvalue weighted by Crippen LogP contribution is 2.38. The number of nitrogens with one attached hydrogen (secondary N) is 2. The summed E-state index contributed by atoms with van der Waals surface area (Å²) in [6.45, 7) is 5.32. The highest BCUT2D eigenvalue weighted by Gasteiger charge is 2.37. The number of barbiturate groups is 1. The molecule has 0 spiro atoms. The van der Waals surface area contributed by atoms with Crippen LogP contribution in [0.2, 0.25) is 5.02 Å². The van der Waals surface area contributed by atoms with Crippen molar-refractivity contribution in [1.82, 2.24) is 5.32 Å². The third-order valence-electron chi connectivity index (χ3n) is 6.28. The molecule has 206 valence electrons. The Bertz CT molecular complexity index is 1590. The lowest BCUT2D eigenvalue weighted by Crippen LogP contribution is -2.54. The van der Waals surface area contributed by atoms with Gasteiger partial charge in [0, 0.05) is 10.7 Å². The number of carbonyl (C=O) groups is 4. The SMILES string of the molecule is COc1cc(/C=C2/C(=O)NC(=O)N(c3cccc(Cl)c3C)C2=O)cc(Br)c1OCC(=O)Nc1ccc(C)c(C)c1. The standard InChI is InChI=1S/C29H25BrClN3O6/c1-15-8-9-19(10-16(15)2)32-25(35)14-40-26-21(30)12-18(13-24(26)39-4)11-20-27(36)33-29(38)34(28(20)37)23-7-5-6-22(31)17(23)3/h5-13H,14H2,1-4H3,(H,32,35)(H,33,36,38)/b20-11-. The van der Waals surface area contributed by atoms with Crippen molar-refractivity contribution >= 4 is 68.7 Å². The van der Waals surface area contributed by atoms with Crippen LogP contribution >= 0.6 is 27.5 Å². The molecule has 1 aliphatic rings. The van der Waals surface area contributed by atoms with E-state index < -0.39 is 17.8 Å². The van der Waals surface area contributed by atoms with Gasteiger partial charge in [-0.3, -0.25) is 19.7 Å². The van der Waals surface area contributed by atoms with E-state index in [4.69, 9.17) is 21.1 Å². The molecule has 0 aromatic heterocycles.